The minimum absolute atomic E-state index is 0.743. The lowest BCUT2D eigenvalue weighted by Crippen LogP contribution is -2.43. The van der Waals surface area contributed by atoms with Crippen molar-refractivity contribution in [2.24, 2.45) is 0 Å². The van der Waals surface area contributed by atoms with E-state index in [9.17, 15) is 0 Å². The topological polar surface area (TPSA) is 0 Å². The van der Waals surface area contributed by atoms with Gasteiger partial charge >= 0.3 is 0 Å². The Morgan fingerprint density at radius 1 is 1.33 bits per heavy atom. The van der Waals surface area contributed by atoms with Gasteiger partial charge in [0, 0.05) is 10.5 Å². The van der Waals surface area contributed by atoms with Crippen molar-refractivity contribution < 1.29 is 0 Å². The molecule has 1 aromatic carbocycles. The van der Waals surface area contributed by atoms with E-state index in [1.165, 1.54) is 5.19 Å². The van der Waals surface area contributed by atoms with Crippen molar-refractivity contribution in [1.82, 2.24) is 0 Å². The Kier molecular flexibility index (Phi) is 3.21. The Balaban J connectivity index is 3.03. The Hall–Kier alpha value is 0.0169. The Bertz CT molecular complexity index is 271. The van der Waals surface area contributed by atoms with Crippen LogP contribution in [0.1, 0.15) is 0 Å². The van der Waals surface area contributed by atoms with Gasteiger partial charge in [0.05, 0.1) is 8.07 Å². The number of halogens is 2. The van der Waals surface area contributed by atoms with Gasteiger partial charge in [-0.2, -0.15) is 0 Å². The fourth-order valence-corrected chi connectivity index (χ4v) is 2.98. The van der Waals surface area contributed by atoms with Gasteiger partial charge in [-0.05, 0) is 12.1 Å². The van der Waals surface area contributed by atoms with Crippen LogP contribution in [0.4, 0.5) is 0 Å². The summed E-state index contributed by atoms with van der Waals surface area (Å²) in [6.07, 6.45) is 0. The standard InChI is InChI=1S/C9H12Cl2Si/c1-12(2,7-10)9-5-3-4-8(11)6-9/h3-6H,7H2,1-2H3. The molecule has 0 atom stereocenters. The lowest BCUT2D eigenvalue weighted by molar-refractivity contribution is 1.66. The molecule has 0 radical (unpaired) electrons. The first kappa shape index (κ1) is 10.1. The van der Waals surface area contributed by atoms with Crippen LogP contribution >= 0.6 is 23.2 Å². The van der Waals surface area contributed by atoms with E-state index < -0.39 is 8.07 Å². The van der Waals surface area contributed by atoms with Crippen LogP contribution in [0.2, 0.25) is 18.1 Å². The predicted octanol–water partition coefficient (Wildman–Crippen LogP) is 3.03. The molecule has 0 heterocycles. The number of hydrogen-bond acceptors (Lipinski definition) is 0. The summed E-state index contributed by atoms with van der Waals surface area (Å²) in [7, 11) is -1.40. The van der Waals surface area contributed by atoms with E-state index in [1.807, 2.05) is 18.2 Å². The van der Waals surface area contributed by atoms with Crippen LogP contribution in [-0.4, -0.2) is 13.6 Å². The summed E-state index contributed by atoms with van der Waals surface area (Å²) in [4.78, 5) is 0. The SMILES string of the molecule is C[Si](C)(CCl)c1cccc(Cl)c1. The first-order valence-electron chi connectivity index (χ1n) is 3.88. The second-order valence-electron chi connectivity index (χ2n) is 3.53. The Morgan fingerprint density at radius 3 is 2.50 bits per heavy atom. The fourth-order valence-electron chi connectivity index (χ4n) is 0.987. The van der Waals surface area contributed by atoms with Crippen molar-refractivity contribution >= 4 is 36.5 Å². The maximum atomic E-state index is 5.90. The highest BCUT2D eigenvalue weighted by atomic mass is 35.5. The van der Waals surface area contributed by atoms with Gasteiger partial charge in [-0.15, -0.1) is 11.6 Å². The summed E-state index contributed by atoms with van der Waals surface area (Å²) in [5.74, 6) is 0. The van der Waals surface area contributed by atoms with Crippen LogP contribution in [0, 0.1) is 0 Å². The molecule has 0 spiro atoms. The molecule has 0 saturated carbocycles. The second-order valence-corrected chi connectivity index (χ2v) is 9.38. The zero-order valence-electron chi connectivity index (χ0n) is 7.27. The third-order valence-electron chi connectivity index (χ3n) is 1.94. The number of benzene rings is 1. The molecule has 12 heavy (non-hydrogen) atoms. The predicted molar refractivity (Wildman–Crippen MR) is 59.3 cm³/mol. The molecule has 3 heteroatoms. The average Bonchev–Trinajstić information content (AvgIpc) is 2.05. The summed E-state index contributed by atoms with van der Waals surface area (Å²) >= 11 is 11.8. The zero-order valence-corrected chi connectivity index (χ0v) is 9.78. The maximum absolute atomic E-state index is 5.90. The molecule has 0 saturated heterocycles. The highest BCUT2D eigenvalue weighted by molar-refractivity contribution is 6.94. The van der Waals surface area contributed by atoms with E-state index in [4.69, 9.17) is 23.2 Å². The van der Waals surface area contributed by atoms with Gasteiger partial charge in [0.1, 0.15) is 0 Å². The van der Waals surface area contributed by atoms with Crippen LogP contribution in [0.15, 0.2) is 24.3 Å². The van der Waals surface area contributed by atoms with Gasteiger partial charge < -0.3 is 0 Å². The molecular weight excluding hydrogens is 207 g/mol. The molecule has 0 amide bonds. The molecule has 0 fully saturated rings. The Morgan fingerprint density at radius 2 is 2.00 bits per heavy atom. The van der Waals surface area contributed by atoms with E-state index in [-0.39, 0.29) is 0 Å². The van der Waals surface area contributed by atoms with Crippen molar-refractivity contribution in [2.45, 2.75) is 13.1 Å². The number of alkyl halides is 1. The molecule has 66 valence electrons. The Labute approximate surface area is 84.5 Å². The first-order chi connectivity index (χ1) is 5.56. The highest BCUT2D eigenvalue weighted by Gasteiger charge is 2.21. The average molecular weight is 219 g/mol. The molecule has 0 N–H and O–H groups in total. The molecule has 1 aromatic rings. The molecular formula is C9H12Cl2Si. The van der Waals surface area contributed by atoms with Gasteiger partial charge in [-0.1, -0.05) is 42.0 Å². The van der Waals surface area contributed by atoms with Gasteiger partial charge in [-0.3, -0.25) is 0 Å². The highest BCUT2D eigenvalue weighted by Crippen LogP contribution is 2.10. The normalized spacial score (nSPS) is 11.7. The van der Waals surface area contributed by atoms with Crippen molar-refractivity contribution in [2.75, 3.05) is 5.50 Å². The van der Waals surface area contributed by atoms with Crippen molar-refractivity contribution in [3.05, 3.63) is 29.3 Å². The fraction of sp³-hybridized carbons (Fsp3) is 0.333. The van der Waals surface area contributed by atoms with Crippen molar-refractivity contribution in [3.8, 4) is 0 Å². The summed E-state index contributed by atoms with van der Waals surface area (Å²) in [5, 5.41) is 2.13. The largest absolute Gasteiger partial charge is 0.130 e. The van der Waals surface area contributed by atoms with Gasteiger partial charge in [0.25, 0.3) is 0 Å². The summed E-state index contributed by atoms with van der Waals surface area (Å²) in [6, 6.07) is 8.01. The minimum atomic E-state index is -1.40. The minimum Gasteiger partial charge on any atom is -0.130 e. The lowest BCUT2D eigenvalue weighted by atomic mass is 10.4. The van der Waals surface area contributed by atoms with Gasteiger partial charge in [-0.25, -0.2) is 0 Å². The summed E-state index contributed by atoms with van der Waals surface area (Å²) < 4.78 is 0. The first-order valence-corrected chi connectivity index (χ1v) is 8.00. The molecule has 1 rings (SSSR count). The maximum Gasteiger partial charge on any atom is 0.0959 e. The lowest BCUT2D eigenvalue weighted by Gasteiger charge is -2.19. The van der Waals surface area contributed by atoms with Gasteiger partial charge in [0.2, 0.25) is 0 Å². The van der Waals surface area contributed by atoms with E-state index >= 15 is 0 Å². The van der Waals surface area contributed by atoms with Gasteiger partial charge in [0.15, 0.2) is 0 Å². The van der Waals surface area contributed by atoms with Crippen LogP contribution in [-0.2, 0) is 0 Å². The van der Waals surface area contributed by atoms with E-state index in [0.29, 0.717) is 0 Å². The van der Waals surface area contributed by atoms with Crippen LogP contribution in [0.25, 0.3) is 0 Å². The van der Waals surface area contributed by atoms with Crippen LogP contribution in [0.3, 0.4) is 0 Å². The van der Waals surface area contributed by atoms with Crippen molar-refractivity contribution in [1.29, 1.82) is 0 Å². The van der Waals surface area contributed by atoms with E-state index in [1.54, 1.807) is 0 Å². The zero-order chi connectivity index (χ0) is 9.19. The quantitative estimate of drug-likeness (QED) is 0.529. The van der Waals surface area contributed by atoms with Crippen molar-refractivity contribution in [3.63, 3.8) is 0 Å². The third-order valence-corrected chi connectivity index (χ3v) is 6.72. The smallest absolute Gasteiger partial charge is 0.0959 e. The molecule has 0 aromatic heterocycles. The molecule has 0 unspecified atom stereocenters. The summed E-state index contributed by atoms with van der Waals surface area (Å²) in [6.45, 7) is 4.48. The van der Waals surface area contributed by atoms with E-state index in [0.717, 1.165) is 10.5 Å². The molecule has 0 nitrogen and oxygen atoms in total. The third kappa shape index (κ3) is 2.25. The molecule has 0 bridgehead atoms. The van der Waals surface area contributed by atoms with Crippen LogP contribution in [0.5, 0.6) is 0 Å². The number of rotatable bonds is 2. The van der Waals surface area contributed by atoms with E-state index in [2.05, 4.69) is 19.2 Å². The number of hydrogen-bond donors (Lipinski definition) is 0. The molecule has 0 aliphatic rings. The second kappa shape index (κ2) is 3.82. The molecule has 0 aliphatic carbocycles. The summed E-state index contributed by atoms with van der Waals surface area (Å²) in [5.41, 5.74) is 0.743. The van der Waals surface area contributed by atoms with Crippen LogP contribution < -0.4 is 5.19 Å². The molecule has 0 aliphatic heterocycles. The monoisotopic (exact) mass is 218 g/mol.